The van der Waals surface area contributed by atoms with E-state index in [1.54, 1.807) is 0 Å². The minimum absolute atomic E-state index is 0.663. The van der Waals surface area contributed by atoms with Crippen LogP contribution in [0.2, 0.25) is 0 Å². The van der Waals surface area contributed by atoms with Crippen LogP contribution in [0.15, 0.2) is 37.8 Å². The van der Waals surface area contributed by atoms with Gasteiger partial charge in [0.1, 0.15) is 25.4 Å². The molecule has 5 nitrogen and oxygen atoms in total. The van der Waals surface area contributed by atoms with Crippen LogP contribution in [-0.2, 0) is 0 Å². The van der Waals surface area contributed by atoms with Crippen LogP contribution in [0.3, 0.4) is 0 Å². The van der Waals surface area contributed by atoms with Gasteiger partial charge in [0.2, 0.25) is 0 Å². The van der Waals surface area contributed by atoms with Crippen molar-refractivity contribution in [3.05, 3.63) is 24.3 Å². The van der Waals surface area contributed by atoms with Gasteiger partial charge in [0.05, 0.1) is 6.61 Å². The average Bonchev–Trinajstić information content (AvgIpc) is 2.28. The Labute approximate surface area is 121 Å². The van der Waals surface area contributed by atoms with E-state index in [-0.39, 0.29) is 0 Å². The third-order valence-electron chi connectivity index (χ3n) is 2.44. The van der Waals surface area contributed by atoms with E-state index >= 15 is 0 Å². The van der Waals surface area contributed by atoms with Crippen LogP contribution in [0.25, 0.3) is 0 Å². The smallest absolute Gasteiger partial charge is 0.351 e. The Balaban J connectivity index is 2.25. The van der Waals surface area contributed by atoms with Crippen molar-refractivity contribution in [1.82, 2.24) is 0 Å². The molecule has 20 heavy (non-hydrogen) atoms. The van der Waals surface area contributed by atoms with Crippen LogP contribution >= 0.6 is 22.5 Å². The van der Waals surface area contributed by atoms with Crippen molar-refractivity contribution in [3.63, 3.8) is 0 Å². The molecule has 0 fully saturated rings. The second kappa shape index (κ2) is 6.02. The maximum atomic E-state index is 6.09. The zero-order chi connectivity index (χ0) is 14.8. The summed E-state index contributed by atoms with van der Waals surface area (Å²) in [5.41, 5.74) is 0. The van der Waals surface area contributed by atoms with Gasteiger partial charge in [0, 0.05) is 6.66 Å². The molecule has 1 aromatic rings. The lowest BCUT2D eigenvalue weighted by molar-refractivity contribution is 0.340. The lowest BCUT2D eigenvalue weighted by Crippen LogP contribution is -1.93. The van der Waals surface area contributed by atoms with Crippen LogP contribution in [-0.4, -0.2) is 33.3 Å². The van der Waals surface area contributed by atoms with Gasteiger partial charge in [-0.2, -0.15) is 4.52 Å². The summed E-state index contributed by atoms with van der Waals surface area (Å²) in [4.78, 5) is 0. The van der Waals surface area contributed by atoms with Gasteiger partial charge < -0.3 is 9.26 Å². The SMILES string of the molecule is CCOc1ccc(OP2(C)=NP(C)(C)=N[P+](C)=N2)cc1. The Morgan fingerprint density at radius 3 is 2.25 bits per heavy atom. The molecule has 1 aliphatic heterocycles. The van der Waals surface area contributed by atoms with Crippen molar-refractivity contribution in [2.24, 2.45) is 13.5 Å². The molecule has 110 valence electrons. The monoisotopic (exact) mass is 332 g/mol. The third-order valence-corrected chi connectivity index (χ3v) is 11.2. The molecule has 0 saturated heterocycles. The summed E-state index contributed by atoms with van der Waals surface area (Å²) in [5.74, 6) is 1.64. The van der Waals surface area contributed by atoms with E-state index in [0.717, 1.165) is 11.5 Å². The molecule has 1 heterocycles. The molecule has 0 aromatic heterocycles. The van der Waals surface area contributed by atoms with Gasteiger partial charge >= 0.3 is 7.86 Å². The van der Waals surface area contributed by atoms with Crippen molar-refractivity contribution < 1.29 is 9.26 Å². The van der Waals surface area contributed by atoms with Gasteiger partial charge in [-0.05, 0) is 53.5 Å². The van der Waals surface area contributed by atoms with Gasteiger partial charge in [-0.1, -0.05) is 0 Å². The third kappa shape index (κ3) is 4.19. The molecule has 0 saturated carbocycles. The zero-order valence-electron chi connectivity index (χ0n) is 12.5. The molecule has 2 atom stereocenters. The van der Waals surface area contributed by atoms with E-state index in [1.807, 2.05) is 37.9 Å². The molecule has 2 unspecified atom stereocenters. The van der Waals surface area contributed by atoms with E-state index in [0.29, 0.717) is 6.61 Å². The fraction of sp³-hybridized carbons (Fsp3) is 0.500. The van der Waals surface area contributed by atoms with Crippen LogP contribution in [0.1, 0.15) is 6.92 Å². The highest BCUT2D eigenvalue weighted by Gasteiger charge is 2.29. The maximum absolute atomic E-state index is 6.09. The molecule has 8 heteroatoms. The molecule has 1 aromatic carbocycles. The first-order chi connectivity index (χ1) is 9.32. The molecule has 0 aliphatic carbocycles. The van der Waals surface area contributed by atoms with E-state index in [4.69, 9.17) is 13.8 Å². The Morgan fingerprint density at radius 2 is 1.70 bits per heavy atom. The highest BCUT2D eigenvalue weighted by molar-refractivity contribution is 7.80. The Kier molecular flexibility index (Phi) is 4.74. The second-order valence-electron chi connectivity index (χ2n) is 4.93. The topological polar surface area (TPSA) is 55.5 Å². The van der Waals surface area contributed by atoms with Crippen molar-refractivity contribution >= 4 is 22.5 Å². The molecule has 0 radical (unpaired) electrons. The van der Waals surface area contributed by atoms with Gasteiger partial charge in [-0.25, -0.2) is 0 Å². The molecule has 0 spiro atoms. The zero-order valence-corrected chi connectivity index (χ0v) is 15.2. The van der Waals surface area contributed by atoms with E-state index < -0.39 is 22.5 Å². The number of nitrogens with zero attached hydrogens (tertiary/aromatic N) is 3. The van der Waals surface area contributed by atoms with Crippen molar-refractivity contribution in [3.8, 4) is 11.5 Å². The predicted octanol–water partition coefficient (Wildman–Crippen LogP) is 5.72. The lowest BCUT2D eigenvalue weighted by Gasteiger charge is -2.19. The molecular formula is C12H21N3O2P3+. The van der Waals surface area contributed by atoms with Crippen LogP contribution in [0, 0.1) is 0 Å². The minimum atomic E-state index is -2.10. The van der Waals surface area contributed by atoms with Crippen molar-refractivity contribution in [2.45, 2.75) is 6.92 Å². The number of hydrogen-bond donors (Lipinski definition) is 0. The van der Waals surface area contributed by atoms with Crippen LogP contribution in [0.5, 0.6) is 11.5 Å². The first-order valence-electron chi connectivity index (χ1n) is 6.40. The van der Waals surface area contributed by atoms with Gasteiger partial charge in [0.15, 0.2) is 0 Å². The van der Waals surface area contributed by atoms with Gasteiger partial charge in [0.25, 0.3) is 7.43 Å². The maximum Gasteiger partial charge on any atom is 0.351 e. The quantitative estimate of drug-likeness (QED) is 0.662. The normalized spacial score (nSPS) is 25.9. The molecule has 0 N–H and O–H groups in total. The Hall–Kier alpha value is -0.620. The first-order valence-corrected chi connectivity index (χ1v) is 12.7. The summed E-state index contributed by atoms with van der Waals surface area (Å²) in [7, 11) is -4.36. The van der Waals surface area contributed by atoms with Crippen molar-refractivity contribution in [1.29, 1.82) is 0 Å². The summed E-state index contributed by atoms with van der Waals surface area (Å²) >= 11 is 0. The molecule has 1 aliphatic rings. The lowest BCUT2D eigenvalue weighted by atomic mass is 10.3. The molecule has 0 bridgehead atoms. The van der Waals surface area contributed by atoms with E-state index in [2.05, 4.69) is 29.0 Å². The summed E-state index contributed by atoms with van der Waals surface area (Å²) < 4.78 is 25.7. The summed E-state index contributed by atoms with van der Waals surface area (Å²) in [6.07, 6.45) is 0. The minimum Gasteiger partial charge on any atom is -0.494 e. The molecule has 2 rings (SSSR count). The van der Waals surface area contributed by atoms with E-state index in [9.17, 15) is 0 Å². The van der Waals surface area contributed by atoms with Gasteiger partial charge in [-0.3, -0.25) is 0 Å². The highest BCUT2D eigenvalue weighted by atomic mass is 31.2. The Morgan fingerprint density at radius 1 is 1.10 bits per heavy atom. The van der Waals surface area contributed by atoms with Crippen molar-refractivity contribution in [2.75, 3.05) is 33.3 Å². The highest BCUT2D eigenvalue weighted by Crippen LogP contribution is 2.68. The van der Waals surface area contributed by atoms with Crippen LogP contribution < -0.4 is 9.26 Å². The van der Waals surface area contributed by atoms with E-state index in [1.165, 1.54) is 0 Å². The summed E-state index contributed by atoms with van der Waals surface area (Å²) in [6, 6.07) is 7.65. The predicted molar refractivity (Wildman–Crippen MR) is 90.0 cm³/mol. The number of ether oxygens (including phenoxy) is 1. The standard InChI is InChI=1S/C12H21N3O2P3/c1-6-16-11-7-9-12(10-8-11)17-20(5)14-18(2)13-19(3,4)15-20/h7-10H,6H2,1-5H3/q+1. The van der Waals surface area contributed by atoms with Gasteiger partial charge in [-0.15, -0.1) is 0 Å². The van der Waals surface area contributed by atoms with Crippen LogP contribution in [0.4, 0.5) is 0 Å². The number of benzene rings is 1. The number of hydrogen-bond acceptors (Lipinski definition) is 5. The fourth-order valence-corrected chi connectivity index (χ4v) is 11.9. The second-order valence-corrected chi connectivity index (χ2v) is 12.6. The fourth-order valence-electron chi connectivity index (χ4n) is 2.02. The molecule has 0 amide bonds. The molecular weight excluding hydrogens is 311 g/mol. The first kappa shape index (κ1) is 15.8. The summed E-state index contributed by atoms with van der Waals surface area (Å²) in [6.45, 7) is 10.9. The largest absolute Gasteiger partial charge is 0.494 e. The average molecular weight is 332 g/mol. The Bertz CT molecular complexity index is 632. The summed E-state index contributed by atoms with van der Waals surface area (Å²) in [5, 5.41) is 0. The number of rotatable bonds is 4.